The number of carbonyl (C=O) groups excluding carboxylic acids is 1. The molecule has 1 aliphatic rings. The first-order valence-corrected chi connectivity index (χ1v) is 9.55. The van der Waals surface area contributed by atoms with Gasteiger partial charge in [-0.25, -0.2) is 4.99 Å². The van der Waals surface area contributed by atoms with Crippen LogP contribution in [0.1, 0.15) is 45.4 Å². The highest BCUT2D eigenvalue weighted by atomic mass is 16.5. The molecule has 7 heteroatoms. The molecule has 25 heavy (non-hydrogen) atoms. The molecule has 1 amide bonds. The van der Waals surface area contributed by atoms with E-state index in [0.29, 0.717) is 5.96 Å². The number of ether oxygens (including phenoxy) is 2. The number of rotatable bonds is 11. The van der Waals surface area contributed by atoms with Crippen LogP contribution >= 0.6 is 0 Å². The van der Waals surface area contributed by atoms with Gasteiger partial charge in [0.2, 0.25) is 5.91 Å². The molecule has 1 atom stereocenters. The van der Waals surface area contributed by atoms with Crippen molar-refractivity contribution in [2.45, 2.75) is 51.6 Å². The summed E-state index contributed by atoms with van der Waals surface area (Å²) in [5, 5.41) is 6.57. The average Bonchev–Trinajstić information content (AvgIpc) is 2.63. The van der Waals surface area contributed by atoms with Gasteiger partial charge in [0.25, 0.3) is 0 Å². The van der Waals surface area contributed by atoms with Crippen LogP contribution in [0.5, 0.6) is 0 Å². The first-order valence-electron chi connectivity index (χ1n) is 9.55. The fraction of sp³-hybridized carbons (Fsp3) is 0.889. The summed E-state index contributed by atoms with van der Waals surface area (Å²) in [4.78, 5) is 17.7. The van der Waals surface area contributed by atoms with Gasteiger partial charge in [0.1, 0.15) is 6.54 Å². The molecule has 146 valence electrons. The number of aliphatic imine (C=N–C) groups is 1. The number of nitrogens with one attached hydrogen (secondary N) is 2. The first-order chi connectivity index (χ1) is 12.1. The topological polar surface area (TPSA) is 75.2 Å². The highest BCUT2D eigenvalue weighted by molar-refractivity contribution is 5.84. The molecular formula is C18H36N4O3. The van der Waals surface area contributed by atoms with Crippen molar-refractivity contribution < 1.29 is 14.3 Å². The minimum absolute atomic E-state index is 0.0158. The first kappa shape index (κ1) is 21.7. The van der Waals surface area contributed by atoms with Gasteiger partial charge in [-0.1, -0.05) is 13.3 Å². The minimum Gasteiger partial charge on any atom is -0.381 e. The lowest BCUT2D eigenvalue weighted by Crippen LogP contribution is -2.43. The summed E-state index contributed by atoms with van der Waals surface area (Å²) in [5.74, 6) is 0.649. The van der Waals surface area contributed by atoms with E-state index in [9.17, 15) is 4.79 Å². The smallest absolute Gasteiger partial charge is 0.243 e. The Morgan fingerprint density at radius 3 is 2.72 bits per heavy atom. The third-order valence-corrected chi connectivity index (χ3v) is 4.04. The van der Waals surface area contributed by atoms with Crippen LogP contribution in [-0.2, 0) is 14.3 Å². The van der Waals surface area contributed by atoms with E-state index in [1.807, 2.05) is 0 Å². The van der Waals surface area contributed by atoms with Gasteiger partial charge in [0.15, 0.2) is 5.96 Å². The van der Waals surface area contributed by atoms with Crippen LogP contribution in [0.15, 0.2) is 4.99 Å². The van der Waals surface area contributed by atoms with Crippen molar-refractivity contribution in [3.63, 3.8) is 0 Å². The van der Waals surface area contributed by atoms with Crippen molar-refractivity contribution in [1.82, 2.24) is 15.5 Å². The van der Waals surface area contributed by atoms with E-state index in [1.165, 1.54) is 6.42 Å². The van der Waals surface area contributed by atoms with Gasteiger partial charge in [-0.05, 0) is 32.1 Å². The van der Waals surface area contributed by atoms with E-state index >= 15 is 0 Å². The molecule has 0 aromatic rings. The largest absolute Gasteiger partial charge is 0.381 e. The number of hydrogen-bond donors (Lipinski definition) is 2. The lowest BCUT2D eigenvalue weighted by atomic mass is 10.1. The summed E-state index contributed by atoms with van der Waals surface area (Å²) < 4.78 is 11.3. The second-order valence-electron chi connectivity index (χ2n) is 6.57. The van der Waals surface area contributed by atoms with Crippen LogP contribution in [0.25, 0.3) is 0 Å². The predicted octanol–water partition coefficient (Wildman–Crippen LogP) is 1.39. The number of nitrogens with zero attached hydrogens (tertiary/aromatic N) is 2. The molecule has 1 rings (SSSR count). The fourth-order valence-corrected chi connectivity index (χ4v) is 2.37. The molecule has 1 unspecified atom stereocenters. The Balaban J connectivity index is 2.33. The summed E-state index contributed by atoms with van der Waals surface area (Å²) in [5.41, 5.74) is 0. The van der Waals surface area contributed by atoms with Crippen molar-refractivity contribution in [3.05, 3.63) is 0 Å². The van der Waals surface area contributed by atoms with Crippen LogP contribution in [-0.4, -0.2) is 76.4 Å². The number of unbranched alkanes of at least 4 members (excludes halogenated alkanes) is 1. The highest BCUT2D eigenvalue weighted by Crippen LogP contribution is 2.11. The number of amides is 1. The molecule has 1 fully saturated rings. The summed E-state index contributed by atoms with van der Waals surface area (Å²) in [6, 6.07) is 0. The van der Waals surface area contributed by atoms with E-state index in [-0.39, 0.29) is 18.6 Å². The van der Waals surface area contributed by atoms with E-state index in [0.717, 1.165) is 65.0 Å². The zero-order valence-corrected chi connectivity index (χ0v) is 16.2. The van der Waals surface area contributed by atoms with Crippen LogP contribution in [0.4, 0.5) is 0 Å². The second kappa shape index (κ2) is 13.9. The Hall–Kier alpha value is -1.34. The molecular weight excluding hydrogens is 320 g/mol. The number of likely N-dealkylation sites (N-methyl/N-ethyl adjacent to an activating group) is 1. The lowest BCUT2D eigenvalue weighted by molar-refractivity contribution is -0.127. The van der Waals surface area contributed by atoms with Crippen molar-refractivity contribution >= 4 is 11.9 Å². The summed E-state index contributed by atoms with van der Waals surface area (Å²) in [6.45, 7) is 6.18. The Bertz CT molecular complexity index is 383. The fourth-order valence-electron chi connectivity index (χ4n) is 2.37. The van der Waals surface area contributed by atoms with E-state index in [1.54, 1.807) is 19.0 Å². The lowest BCUT2D eigenvalue weighted by Gasteiger charge is -2.24. The van der Waals surface area contributed by atoms with Gasteiger partial charge < -0.3 is 25.0 Å². The predicted molar refractivity (Wildman–Crippen MR) is 101 cm³/mol. The number of carbonyl (C=O) groups is 1. The van der Waals surface area contributed by atoms with Crippen LogP contribution in [0.3, 0.4) is 0 Å². The molecule has 0 radical (unpaired) electrons. The molecule has 0 spiro atoms. The number of hydrogen-bond acceptors (Lipinski definition) is 4. The maximum atomic E-state index is 11.7. The molecule has 0 bridgehead atoms. The van der Waals surface area contributed by atoms with Crippen LogP contribution < -0.4 is 10.6 Å². The van der Waals surface area contributed by atoms with E-state index in [2.05, 4.69) is 22.5 Å². The van der Waals surface area contributed by atoms with Crippen molar-refractivity contribution in [3.8, 4) is 0 Å². The third-order valence-electron chi connectivity index (χ3n) is 4.04. The second-order valence-corrected chi connectivity index (χ2v) is 6.57. The maximum Gasteiger partial charge on any atom is 0.243 e. The van der Waals surface area contributed by atoms with Gasteiger partial charge in [-0.3, -0.25) is 4.79 Å². The quantitative estimate of drug-likeness (QED) is 0.332. The zero-order chi connectivity index (χ0) is 18.3. The molecule has 1 saturated heterocycles. The summed E-state index contributed by atoms with van der Waals surface area (Å²) >= 11 is 0. The Morgan fingerprint density at radius 1 is 1.24 bits per heavy atom. The standard InChI is InChI=1S/C18H36N4O3/c1-4-5-11-24-12-8-10-19-18(21-15-17(23)22(2)3)20-14-16-9-6-7-13-25-16/h16H,4-15H2,1-3H3,(H2,19,20,21). The summed E-state index contributed by atoms with van der Waals surface area (Å²) in [6.07, 6.45) is 6.82. The Morgan fingerprint density at radius 2 is 2.04 bits per heavy atom. The molecule has 0 saturated carbocycles. The Labute approximate surface area is 152 Å². The van der Waals surface area contributed by atoms with Gasteiger partial charge in [-0.15, -0.1) is 0 Å². The number of guanidine groups is 1. The molecule has 1 aliphatic heterocycles. The van der Waals surface area contributed by atoms with Crippen molar-refractivity contribution in [2.24, 2.45) is 4.99 Å². The molecule has 2 N–H and O–H groups in total. The van der Waals surface area contributed by atoms with E-state index < -0.39 is 0 Å². The highest BCUT2D eigenvalue weighted by Gasteiger charge is 2.14. The van der Waals surface area contributed by atoms with Crippen molar-refractivity contribution in [2.75, 3.05) is 53.6 Å². The monoisotopic (exact) mass is 356 g/mol. The van der Waals surface area contributed by atoms with Gasteiger partial charge in [0.05, 0.1) is 6.10 Å². The minimum atomic E-state index is -0.0158. The normalized spacial score (nSPS) is 18.0. The molecule has 0 aromatic carbocycles. The third kappa shape index (κ3) is 11.0. The van der Waals surface area contributed by atoms with Gasteiger partial charge in [0, 0.05) is 47.0 Å². The average molecular weight is 357 g/mol. The van der Waals surface area contributed by atoms with Crippen LogP contribution in [0, 0.1) is 0 Å². The van der Waals surface area contributed by atoms with Crippen molar-refractivity contribution in [1.29, 1.82) is 0 Å². The van der Waals surface area contributed by atoms with Crippen LogP contribution in [0.2, 0.25) is 0 Å². The Kier molecular flexibility index (Phi) is 12.1. The molecule has 0 aromatic heterocycles. The zero-order valence-electron chi connectivity index (χ0n) is 16.2. The molecule has 0 aliphatic carbocycles. The van der Waals surface area contributed by atoms with Gasteiger partial charge in [-0.2, -0.15) is 0 Å². The van der Waals surface area contributed by atoms with E-state index in [4.69, 9.17) is 9.47 Å². The SMILES string of the molecule is CCCCOCCCNC(=NCC(=O)N(C)C)NCC1CCCCO1. The molecule has 7 nitrogen and oxygen atoms in total. The maximum absolute atomic E-state index is 11.7. The van der Waals surface area contributed by atoms with Gasteiger partial charge >= 0.3 is 0 Å². The summed E-state index contributed by atoms with van der Waals surface area (Å²) in [7, 11) is 3.48. The molecule has 1 heterocycles.